The summed E-state index contributed by atoms with van der Waals surface area (Å²) in [6.07, 6.45) is 4.23. The van der Waals surface area contributed by atoms with Crippen LogP contribution in [0.2, 0.25) is 0 Å². The molecule has 7 heteroatoms. The summed E-state index contributed by atoms with van der Waals surface area (Å²) in [6, 6.07) is 10.3. The Morgan fingerprint density at radius 3 is 2.68 bits per heavy atom. The Labute approximate surface area is 182 Å². The summed E-state index contributed by atoms with van der Waals surface area (Å²) in [5, 5.41) is 5.73. The van der Waals surface area contributed by atoms with Gasteiger partial charge in [0.25, 0.3) is 11.8 Å². The smallest absolute Gasteiger partial charge is 0.255 e. The molecule has 31 heavy (non-hydrogen) atoms. The number of carbonyl (C=O) groups excluding carboxylic acids is 2. The minimum atomic E-state index is -0.356. The van der Waals surface area contributed by atoms with Crippen molar-refractivity contribution in [3.05, 3.63) is 65.7 Å². The lowest BCUT2D eigenvalue weighted by Crippen LogP contribution is -2.32. The summed E-state index contributed by atoms with van der Waals surface area (Å²) in [7, 11) is 3.07. The number of allylic oxidation sites excluding steroid dienone is 1. The molecule has 1 atom stereocenters. The summed E-state index contributed by atoms with van der Waals surface area (Å²) in [4.78, 5) is 25.7. The monoisotopic (exact) mass is 424 g/mol. The number of carbonyl (C=O) groups is 2. The van der Waals surface area contributed by atoms with Gasteiger partial charge < -0.3 is 24.8 Å². The Kier molecular flexibility index (Phi) is 7.67. The molecule has 1 fully saturated rings. The highest BCUT2D eigenvalue weighted by atomic mass is 16.5. The maximum Gasteiger partial charge on any atom is 0.255 e. The van der Waals surface area contributed by atoms with Crippen molar-refractivity contribution >= 4 is 17.5 Å². The molecule has 164 valence electrons. The van der Waals surface area contributed by atoms with Gasteiger partial charge in [0.2, 0.25) is 0 Å². The molecular formula is C24H28N2O5. The van der Waals surface area contributed by atoms with Crippen LogP contribution in [0.3, 0.4) is 0 Å². The van der Waals surface area contributed by atoms with Crippen LogP contribution < -0.4 is 20.1 Å². The third-order valence-corrected chi connectivity index (χ3v) is 5.12. The topological polar surface area (TPSA) is 85.9 Å². The molecule has 2 aromatic rings. The number of hydrogen-bond acceptors (Lipinski definition) is 5. The van der Waals surface area contributed by atoms with E-state index in [4.69, 9.17) is 14.2 Å². The van der Waals surface area contributed by atoms with E-state index in [1.165, 1.54) is 7.11 Å². The van der Waals surface area contributed by atoms with E-state index in [0.29, 0.717) is 41.3 Å². The normalized spacial score (nSPS) is 15.2. The molecule has 0 radical (unpaired) electrons. The molecule has 2 N–H and O–H groups in total. The highest BCUT2D eigenvalue weighted by molar-refractivity contribution is 6.09. The van der Waals surface area contributed by atoms with E-state index in [1.54, 1.807) is 49.6 Å². The predicted molar refractivity (Wildman–Crippen MR) is 119 cm³/mol. The fourth-order valence-electron chi connectivity index (χ4n) is 3.57. The largest absolute Gasteiger partial charge is 0.493 e. The predicted octanol–water partition coefficient (Wildman–Crippen LogP) is 3.59. The number of anilines is 1. The average Bonchev–Trinajstić information content (AvgIpc) is 3.31. The van der Waals surface area contributed by atoms with Crippen LogP contribution in [0.4, 0.5) is 5.69 Å². The van der Waals surface area contributed by atoms with Crippen LogP contribution in [0.25, 0.3) is 0 Å². The summed E-state index contributed by atoms with van der Waals surface area (Å²) in [5.41, 5.74) is 1.99. The lowest BCUT2D eigenvalue weighted by Gasteiger charge is -2.16. The second-order valence-corrected chi connectivity index (χ2v) is 7.21. The maximum atomic E-state index is 13.0. The zero-order valence-corrected chi connectivity index (χ0v) is 17.9. The fraction of sp³-hybridized carbons (Fsp3) is 0.333. The van der Waals surface area contributed by atoms with Gasteiger partial charge in [0.15, 0.2) is 11.5 Å². The first kappa shape index (κ1) is 22.4. The highest BCUT2D eigenvalue weighted by Crippen LogP contribution is 2.33. The Morgan fingerprint density at radius 2 is 2.00 bits per heavy atom. The molecule has 2 amide bonds. The zero-order chi connectivity index (χ0) is 22.2. The molecule has 0 aromatic heterocycles. The molecule has 7 nitrogen and oxygen atoms in total. The van der Waals surface area contributed by atoms with Crippen LogP contribution >= 0.6 is 0 Å². The van der Waals surface area contributed by atoms with Crippen LogP contribution in [0.1, 0.15) is 39.1 Å². The Balaban J connectivity index is 1.79. The van der Waals surface area contributed by atoms with Gasteiger partial charge in [0.05, 0.1) is 31.6 Å². The fourth-order valence-corrected chi connectivity index (χ4v) is 3.57. The number of rotatable bonds is 9. The quantitative estimate of drug-likeness (QED) is 0.601. The van der Waals surface area contributed by atoms with Crippen molar-refractivity contribution in [2.45, 2.75) is 25.4 Å². The molecule has 2 aromatic carbocycles. The summed E-state index contributed by atoms with van der Waals surface area (Å²) in [5.74, 6) is 0.402. The number of hydrogen-bond donors (Lipinski definition) is 2. The first-order chi connectivity index (χ1) is 15.1. The number of methoxy groups -OCH3 is 2. The Morgan fingerprint density at radius 1 is 1.19 bits per heavy atom. The van der Waals surface area contributed by atoms with Crippen molar-refractivity contribution in [1.82, 2.24) is 5.32 Å². The first-order valence-electron chi connectivity index (χ1n) is 10.2. The van der Waals surface area contributed by atoms with Crippen LogP contribution in [0.15, 0.2) is 49.1 Å². The lowest BCUT2D eigenvalue weighted by atomic mass is 10.0. The SMILES string of the molecule is C=CCc1cc(C(=O)Nc2ccccc2C(=O)NCC2CCCO2)cc(OC)c1OC. The van der Waals surface area contributed by atoms with Gasteiger partial charge in [0.1, 0.15) is 0 Å². The van der Waals surface area contributed by atoms with E-state index in [2.05, 4.69) is 17.2 Å². The third kappa shape index (κ3) is 5.44. The third-order valence-electron chi connectivity index (χ3n) is 5.12. The first-order valence-corrected chi connectivity index (χ1v) is 10.2. The van der Waals surface area contributed by atoms with Gasteiger partial charge in [-0.1, -0.05) is 18.2 Å². The molecule has 1 aliphatic rings. The zero-order valence-electron chi connectivity index (χ0n) is 17.9. The van der Waals surface area contributed by atoms with Crippen molar-refractivity contribution in [2.24, 2.45) is 0 Å². The molecule has 1 unspecified atom stereocenters. The van der Waals surface area contributed by atoms with Crippen molar-refractivity contribution < 1.29 is 23.8 Å². The molecule has 0 aliphatic carbocycles. The van der Waals surface area contributed by atoms with E-state index in [9.17, 15) is 9.59 Å². The van der Waals surface area contributed by atoms with E-state index >= 15 is 0 Å². The average molecular weight is 424 g/mol. The summed E-state index contributed by atoms with van der Waals surface area (Å²) >= 11 is 0. The summed E-state index contributed by atoms with van der Waals surface area (Å²) < 4.78 is 16.4. The second kappa shape index (κ2) is 10.6. The van der Waals surface area contributed by atoms with Gasteiger partial charge in [0, 0.05) is 24.3 Å². The number of amides is 2. The highest BCUT2D eigenvalue weighted by Gasteiger charge is 2.20. The molecule has 1 aliphatic heterocycles. The molecule has 3 rings (SSSR count). The van der Waals surface area contributed by atoms with Crippen LogP contribution in [-0.4, -0.2) is 45.3 Å². The lowest BCUT2D eigenvalue weighted by molar-refractivity contribution is 0.0858. The second-order valence-electron chi connectivity index (χ2n) is 7.21. The van der Waals surface area contributed by atoms with Crippen molar-refractivity contribution in [3.8, 4) is 11.5 Å². The van der Waals surface area contributed by atoms with Gasteiger partial charge >= 0.3 is 0 Å². The van der Waals surface area contributed by atoms with Gasteiger partial charge in [-0.25, -0.2) is 0 Å². The van der Waals surface area contributed by atoms with Crippen molar-refractivity contribution in [2.75, 3.05) is 32.7 Å². The van der Waals surface area contributed by atoms with Crippen LogP contribution in [-0.2, 0) is 11.2 Å². The minimum absolute atomic E-state index is 0.0424. The number of ether oxygens (including phenoxy) is 3. The molecule has 0 bridgehead atoms. The Bertz CT molecular complexity index is 951. The number of benzene rings is 2. The number of nitrogens with one attached hydrogen (secondary N) is 2. The van der Waals surface area contributed by atoms with Crippen molar-refractivity contribution in [1.29, 1.82) is 0 Å². The molecule has 0 saturated carbocycles. The van der Waals surface area contributed by atoms with Crippen LogP contribution in [0, 0.1) is 0 Å². The standard InChI is InChI=1S/C24H28N2O5/c1-4-8-16-13-17(14-21(29-2)22(16)30-3)23(27)26-20-11-6-5-10-19(20)24(28)25-15-18-9-7-12-31-18/h4-6,10-11,13-14,18H,1,7-9,12,15H2,2-3H3,(H,25,28)(H,26,27). The van der Waals surface area contributed by atoms with Crippen LogP contribution in [0.5, 0.6) is 11.5 Å². The van der Waals surface area contributed by atoms with Gasteiger partial charge in [-0.15, -0.1) is 6.58 Å². The van der Waals surface area contributed by atoms with E-state index in [-0.39, 0.29) is 17.9 Å². The van der Waals surface area contributed by atoms with E-state index in [1.807, 2.05) is 0 Å². The Hall–Kier alpha value is -3.32. The van der Waals surface area contributed by atoms with E-state index in [0.717, 1.165) is 25.0 Å². The molecule has 0 spiro atoms. The van der Waals surface area contributed by atoms with Crippen molar-refractivity contribution in [3.63, 3.8) is 0 Å². The molecular weight excluding hydrogens is 396 g/mol. The minimum Gasteiger partial charge on any atom is -0.493 e. The van der Waals surface area contributed by atoms with Gasteiger partial charge in [-0.3, -0.25) is 9.59 Å². The van der Waals surface area contributed by atoms with E-state index < -0.39 is 0 Å². The summed E-state index contributed by atoms with van der Waals surface area (Å²) in [6.45, 7) is 4.93. The van der Waals surface area contributed by atoms with Gasteiger partial charge in [-0.05, 0) is 43.5 Å². The van der Waals surface area contributed by atoms with Gasteiger partial charge in [-0.2, -0.15) is 0 Å². The number of para-hydroxylation sites is 1. The maximum absolute atomic E-state index is 13.0. The molecule has 1 saturated heterocycles. The molecule has 1 heterocycles.